The van der Waals surface area contributed by atoms with Gasteiger partial charge >= 0.3 is 0 Å². The number of carbonyl (C=O) groups is 1. The van der Waals surface area contributed by atoms with Crippen molar-refractivity contribution in [3.8, 4) is 0 Å². The maximum atomic E-state index is 12.4. The third kappa shape index (κ3) is 6.46. The summed E-state index contributed by atoms with van der Waals surface area (Å²) in [6.07, 6.45) is 10.8. The zero-order valence-electron chi connectivity index (χ0n) is 17.3. The molecule has 1 saturated carbocycles. The molecule has 1 aromatic heterocycles. The molecule has 1 fully saturated rings. The fourth-order valence-corrected chi connectivity index (χ4v) is 4.75. The molecule has 2 aromatic rings. The van der Waals surface area contributed by atoms with Gasteiger partial charge in [-0.1, -0.05) is 80.3 Å². The smallest absolute Gasteiger partial charge is 0.230 e. The number of hydrogen-bond acceptors (Lipinski definition) is 4. The van der Waals surface area contributed by atoms with Gasteiger partial charge in [0.1, 0.15) is 5.82 Å². The predicted octanol–water partition coefficient (Wildman–Crippen LogP) is 4.95. The lowest BCUT2D eigenvalue weighted by Gasteiger charge is -2.21. The second-order valence-electron chi connectivity index (χ2n) is 7.83. The highest BCUT2D eigenvalue weighted by Crippen LogP contribution is 2.28. The fraction of sp³-hybridized carbons (Fsp3) is 0.522. The monoisotopic (exact) mass is 412 g/mol. The molecule has 0 aliphatic heterocycles. The van der Waals surface area contributed by atoms with E-state index in [9.17, 15) is 4.79 Å². The van der Waals surface area contributed by atoms with Gasteiger partial charge in [-0.25, -0.2) is 0 Å². The first kappa shape index (κ1) is 21.6. The summed E-state index contributed by atoms with van der Waals surface area (Å²) >= 11 is 1.44. The topological polar surface area (TPSA) is 59.8 Å². The molecule has 1 heterocycles. The van der Waals surface area contributed by atoms with Crippen molar-refractivity contribution in [2.75, 3.05) is 5.75 Å². The minimum atomic E-state index is -0.0126. The highest BCUT2D eigenvalue weighted by atomic mass is 32.2. The Bertz CT molecular complexity index is 783. The SMILES string of the molecule is C=CCn1c(CCC2CCCCC2)nnc1SCC(=O)NC(C)c1ccccc1. The van der Waals surface area contributed by atoms with Crippen LogP contribution in [-0.2, 0) is 17.8 Å². The largest absolute Gasteiger partial charge is 0.349 e. The zero-order valence-corrected chi connectivity index (χ0v) is 18.2. The van der Waals surface area contributed by atoms with Crippen LogP contribution in [-0.4, -0.2) is 26.4 Å². The number of hydrogen-bond donors (Lipinski definition) is 1. The first-order valence-electron chi connectivity index (χ1n) is 10.7. The van der Waals surface area contributed by atoms with Crippen molar-refractivity contribution in [1.82, 2.24) is 20.1 Å². The Morgan fingerprint density at radius 3 is 2.76 bits per heavy atom. The van der Waals surface area contributed by atoms with E-state index in [0.29, 0.717) is 12.3 Å². The van der Waals surface area contributed by atoms with Crippen LogP contribution in [0.4, 0.5) is 0 Å². The van der Waals surface area contributed by atoms with Gasteiger partial charge in [-0.2, -0.15) is 0 Å². The van der Waals surface area contributed by atoms with E-state index in [-0.39, 0.29) is 11.9 Å². The fourth-order valence-electron chi connectivity index (χ4n) is 3.97. The highest BCUT2D eigenvalue weighted by Gasteiger charge is 2.18. The summed E-state index contributed by atoms with van der Waals surface area (Å²) in [6.45, 7) is 6.55. The van der Waals surface area contributed by atoms with Crippen LogP contribution in [0, 0.1) is 5.92 Å². The van der Waals surface area contributed by atoms with E-state index in [1.165, 1.54) is 50.3 Å². The number of amides is 1. The summed E-state index contributed by atoms with van der Waals surface area (Å²) in [4.78, 5) is 12.4. The second-order valence-corrected chi connectivity index (χ2v) is 8.77. The Hall–Kier alpha value is -2.08. The number of nitrogens with zero attached hydrogens (tertiary/aromatic N) is 3. The molecule has 3 rings (SSSR count). The lowest BCUT2D eigenvalue weighted by molar-refractivity contribution is -0.119. The van der Waals surface area contributed by atoms with Crippen molar-refractivity contribution in [3.05, 3.63) is 54.4 Å². The second kappa shape index (κ2) is 11.2. The molecule has 1 atom stereocenters. The molecule has 156 valence electrons. The molecule has 29 heavy (non-hydrogen) atoms. The van der Waals surface area contributed by atoms with Crippen LogP contribution in [0.25, 0.3) is 0 Å². The van der Waals surface area contributed by atoms with Gasteiger partial charge in [-0.15, -0.1) is 16.8 Å². The number of aromatic nitrogens is 3. The van der Waals surface area contributed by atoms with Gasteiger partial charge in [0.25, 0.3) is 0 Å². The molecule has 1 aliphatic rings. The summed E-state index contributed by atoms with van der Waals surface area (Å²) in [5.41, 5.74) is 1.10. The zero-order chi connectivity index (χ0) is 20.5. The normalized spacial score (nSPS) is 15.8. The summed E-state index contributed by atoms with van der Waals surface area (Å²) in [6, 6.07) is 9.99. The Morgan fingerprint density at radius 1 is 1.28 bits per heavy atom. The average Bonchev–Trinajstić information content (AvgIpc) is 3.14. The highest BCUT2D eigenvalue weighted by molar-refractivity contribution is 7.99. The molecular weight excluding hydrogens is 380 g/mol. The molecular formula is C23H32N4OS. The Kier molecular flexibility index (Phi) is 8.35. The van der Waals surface area contributed by atoms with Crippen LogP contribution in [0.1, 0.15) is 62.9 Å². The number of allylic oxidation sites excluding steroid dienone is 1. The summed E-state index contributed by atoms with van der Waals surface area (Å²) in [5.74, 6) is 2.16. The lowest BCUT2D eigenvalue weighted by Crippen LogP contribution is -2.28. The summed E-state index contributed by atoms with van der Waals surface area (Å²) < 4.78 is 2.11. The maximum absolute atomic E-state index is 12.4. The Morgan fingerprint density at radius 2 is 2.03 bits per heavy atom. The van der Waals surface area contributed by atoms with E-state index in [2.05, 4.69) is 26.7 Å². The number of nitrogens with one attached hydrogen (secondary N) is 1. The number of rotatable bonds is 10. The van der Waals surface area contributed by atoms with Crippen LogP contribution in [0.5, 0.6) is 0 Å². The minimum absolute atomic E-state index is 0.00302. The van der Waals surface area contributed by atoms with Gasteiger partial charge in [-0.05, 0) is 24.8 Å². The van der Waals surface area contributed by atoms with Gasteiger partial charge in [0.05, 0.1) is 11.8 Å². The molecule has 1 aromatic carbocycles. The molecule has 0 bridgehead atoms. The van der Waals surface area contributed by atoms with Gasteiger partial charge in [0, 0.05) is 13.0 Å². The van der Waals surface area contributed by atoms with Crippen molar-refractivity contribution >= 4 is 17.7 Å². The third-order valence-electron chi connectivity index (χ3n) is 5.62. The van der Waals surface area contributed by atoms with E-state index < -0.39 is 0 Å². The van der Waals surface area contributed by atoms with E-state index in [0.717, 1.165) is 28.9 Å². The number of benzene rings is 1. The van der Waals surface area contributed by atoms with Crippen molar-refractivity contribution in [3.63, 3.8) is 0 Å². The van der Waals surface area contributed by atoms with Crippen LogP contribution in [0.2, 0.25) is 0 Å². The molecule has 0 spiro atoms. The molecule has 0 radical (unpaired) electrons. The van der Waals surface area contributed by atoms with Crippen LogP contribution < -0.4 is 5.32 Å². The van der Waals surface area contributed by atoms with Crippen molar-refractivity contribution in [1.29, 1.82) is 0 Å². The average molecular weight is 413 g/mol. The maximum Gasteiger partial charge on any atom is 0.230 e. The van der Waals surface area contributed by atoms with Gasteiger partial charge in [0.2, 0.25) is 5.91 Å². The number of thioether (sulfide) groups is 1. The standard InChI is InChI=1S/C23H32N4OS/c1-3-16-27-21(15-14-19-10-6-4-7-11-19)25-26-23(27)29-17-22(28)24-18(2)20-12-8-5-9-13-20/h3,5,8-9,12-13,18-19H,1,4,6-7,10-11,14-17H2,2H3,(H,24,28). The molecule has 1 unspecified atom stereocenters. The first-order valence-corrected chi connectivity index (χ1v) is 11.7. The Balaban J connectivity index is 1.53. The minimum Gasteiger partial charge on any atom is -0.349 e. The first-order chi connectivity index (χ1) is 14.2. The van der Waals surface area contributed by atoms with Gasteiger partial charge < -0.3 is 9.88 Å². The van der Waals surface area contributed by atoms with Crippen molar-refractivity contribution in [2.24, 2.45) is 5.92 Å². The lowest BCUT2D eigenvalue weighted by atomic mass is 9.86. The number of carbonyl (C=O) groups excluding carboxylic acids is 1. The van der Waals surface area contributed by atoms with Crippen LogP contribution in [0.15, 0.2) is 48.1 Å². The van der Waals surface area contributed by atoms with E-state index in [1.807, 2.05) is 43.3 Å². The molecule has 0 saturated heterocycles. The molecule has 1 N–H and O–H groups in total. The van der Waals surface area contributed by atoms with Crippen molar-refractivity contribution < 1.29 is 4.79 Å². The molecule has 5 nitrogen and oxygen atoms in total. The van der Waals surface area contributed by atoms with E-state index in [4.69, 9.17) is 0 Å². The Labute approximate surface area is 178 Å². The van der Waals surface area contributed by atoms with E-state index >= 15 is 0 Å². The molecule has 1 amide bonds. The predicted molar refractivity (Wildman–Crippen MR) is 119 cm³/mol. The summed E-state index contributed by atoms with van der Waals surface area (Å²) in [7, 11) is 0. The quantitative estimate of drug-likeness (QED) is 0.443. The van der Waals surface area contributed by atoms with Crippen LogP contribution in [0.3, 0.4) is 0 Å². The van der Waals surface area contributed by atoms with Crippen molar-refractivity contribution in [2.45, 2.75) is 69.6 Å². The van der Waals surface area contributed by atoms with Gasteiger partial charge in [-0.3, -0.25) is 4.79 Å². The molecule has 6 heteroatoms. The van der Waals surface area contributed by atoms with E-state index in [1.54, 1.807) is 0 Å². The summed E-state index contributed by atoms with van der Waals surface area (Å²) in [5, 5.41) is 12.6. The van der Waals surface area contributed by atoms with Gasteiger partial charge in [0.15, 0.2) is 5.16 Å². The third-order valence-corrected chi connectivity index (χ3v) is 6.58. The van der Waals surface area contributed by atoms with Crippen LogP contribution >= 0.6 is 11.8 Å². The number of aryl methyl sites for hydroxylation is 1. The molecule has 1 aliphatic carbocycles.